The third kappa shape index (κ3) is 5.18. The number of methoxy groups -OCH3 is 1. The molecule has 0 aliphatic rings. The molecular weight excluding hydrogens is 376 g/mol. The molecule has 0 bridgehead atoms. The Labute approximate surface area is 164 Å². The quantitative estimate of drug-likeness (QED) is 0.598. The molecular formula is C21H20N2O4S. The Balaban J connectivity index is 1.69. The van der Waals surface area contributed by atoms with E-state index in [2.05, 4.69) is 14.2 Å². The molecule has 0 heterocycles. The van der Waals surface area contributed by atoms with Crippen molar-refractivity contribution in [1.29, 1.82) is 0 Å². The van der Waals surface area contributed by atoms with E-state index < -0.39 is 16.2 Å². The zero-order valence-corrected chi connectivity index (χ0v) is 16.1. The van der Waals surface area contributed by atoms with E-state index in [0.717, 1.165) is 11.1 Å². The second kappa shape index (κ2) is 8.69. The molecule has 0 radical (unpaired) electrons. The van der Waals surface area contributed by atoms with Gasteiger partial charge in [0.2, 0.25) is 0 Å². The number of ether oxygens (including phenoxy) is 1. The van der Waals surface area contributed by atoms with E-state index >= 15 is 0 Å². The van der Waals surface area contributed by atoms with Crippen LogP contribution >= 0.6 is 0 Å². The molecule has 0 aliphatic carbocycles. The predicted octanol–water partition coefficient (Wildman–Crippen LogP) is 3.59. The van der Waals surface area contributed by atoms with E-state index in [1.807, 2.05) is 36.4 Å². The summed E-state index contributed by atoms with van der Waals surface area (Å²) in [6.45, 7) is 0.0402. The van der Waals surface area contributed by atoms with Gasteiger partial charge in [-0.1, -0.05) is 54.6 Å². The van der Waals surface area contributed by atoms with Gasteiger partial charge in [-0.15, -0.1) is 0 Å². The molecule has 0 aliphatic heterocycles. The molecule has 28 heavy (non-hydrogen) atoms. The third-order valence-corrected chi connectivity index (χ3v) is 5.07. The summed E-state index contributed by atoms with van der Waals surface area (Å²) in [5.74, 6) is -0.472. The van der Waals surface area contributed by atoms with Crippen molar-refractivity contribution in [3.63, 3.8) is 0 Å². The topological polar surface area (TPSA) is 84.5 Å². The summed E-state index contributed by atoms with van der Waals surface area (Å²) in [6.07, 6.45) is 0. The fraction of sp³-hybridized carbons (Fsp3) is 0.0952. The van der Waals surface area contributed by atoms with Gasteiger partial charge in [-0.2, -0.15) is 13.1 Å². The highest BCUT2D eigenvalue weighted by Crippen LogP contribution is 2.22. The number of hydrogen-bond acceptors (Lipinski definition) is 4. The largest absolute Gasteiger partial charge is 0.465 e. The Hall–Kier alpha value is -3.16. The lowest BCUT2D eigenvalue weighted by Gasteiger charge is -2.11. The van der Waals surface area contributed by atoms with Crippen molar-refractivity contribution < 1.29 is 17.9 Å². The molecule has 0 aromatic heterocycles. The zero-order valence-electron chi connectivity index (χ0n) is 15.3. The smallest absolute Gasteiger partial charge is 0.337 e. The number of rotatable bonds is 7. The normalized spacial score (nSPS) is 11.0. The average molecular weight is 396 g/mol. The van der Waals surface area contributed by atoms with Crippen molar-refractivity contribution in [2.75, 3.05) is 11.8 Å². The van der Waals surface area contributed by atoms with Crippen molar-refractivity contribution in [2.24, 2.45) is 0 Å². The van der Waals surface area contributed by atoms with Crippen molar-refractivity contribution in [2.45, 2.75) is 6.54 Å². The second-order valence-corrected chi connectivity index (χ2v) is 7.57. The number of carbonyl (C=O) groups excluding carboxylic acids is 1. The first-order valence-electron chi connectivity index (χ1n) is 8.57. The molecule has 2 N–H and O–H groups in total. The van der Waals surface area contributed by atoms with Gasteiger partial charge >= 0.3 is 5.97 Å². The first kappa shape index (κ1) is 19.6. The van der Waals surface area contributed by atoms with Crippen LogP contribution in [-0.4, -0.2) is 21.5 Å². The van der Waals surface area contributed by atoms with Crippen molar-refractivity contribution in [3.8, 4) is 11.1 Å². The summed E-state index contributed by atoms with van der Waals surface area (Å²) >= 11 is 0. The van der Waals surface area contributed by atoms with Gasteiger partial charge < -0.3 is 4.74 Å². The summed E-state index contributed by atoms with van der Waals surface area (Å²) in [5.41, 5.74) is 3.37. The Morgan fingerprint density at radius 1 is 0.893 bits per heavy atom. The van der Waals surface area contributed by atoms with Crippen LogP contribution in [0.25, 0.3) is 11.1 Å². The van der Waals surface area contributed by atoms with Gasteiger partial charge in [-0.3, -0.25) is 4.72 Å². The van der Waals surface area contributed by atoms with Crippen molar-refractivity contribution >= 4 is 21.9 Å². The predicted molar refractivity (Wildman–Crippen MR) is 109 cm³/mol. The number of carbonyl (C=O) groups is 1. The van der Waals surface area contributed by atoms with E-state index in [4.69, 9.17) is 0 Å². The van der Waals surface area contributed by atoms with Crippen LogP contribution < -0.4 is 9.44 Å². The Kier molecular flexibility index (Phi) is 6.08. The third-order valence-electron chi connectivity index (χ3n) is 4.04. The molecule has 6 nitrogen and oxygen atoms in total. The van der Waals surface area contributed by atoms with E-state index in [1.54, 1.807) is 42.5 Å². The van der Waals surface area contributed by atoms with Gasteiger partial charge in [-0.05, 0) is 41.0 Å². The van der Waals surface area contributed by atoms with Crippen LogP contribution in [0.15, 0.2) is 78.9 Å². The second-order valence-electron chi connectivity index (χ2n) is 6.07. The SMILES string of the molecule is COC(=O)c1cccc(CNS(=O)(=O)Nc2cccc(-c3ccccc3)c2)c1. The summed E-state index contributed by atoms with van der Waals surface area (Å²) < 4.78 is 34.4. The van der Waals surface area contributed by atoms with Crippen LogP contribution in [0.1, 0.15) is 15.9 Å². The molecule has 0 atom stereocenters. The molecule has 144 valence electrons. The summed E-state index contributed by atoms with van der Waals surface area (Å²) in [5, 5.41) is 0. The van der Waals surface area contributed by atoms with Crippen molar-refractivity contribution in [3.05, 3.63) is 90.0 Å². The Bertz CT molecular complexity index is 1070. The Morgan fingerprint density at radius 2 is 1.61 bits per heavy atom. The highest BCUT2D eigenvalue weighted by molar-refractivity contribution is 7.90. The lowest BCUT2D eigenvalue weighted by atomic mass is 10.1. The lowest BCUT2D eigenvalue weighted by Crippen LogP contribution is -2.29. The first-order valence-corrected chi connectivity index (χ1v) is 10.1. The zero-order chi connectivity index (χ0) is 20.0. The van der Waals surface area contributed by atoms with Crippen LogP contribution in [0.5, 0.6) is 0 Å². The minimum atomic E-state index is -3.79. The molecule has 3 aromatic rings. The molecule has 3 rings (SSSR count). The molecule has 3 aromatic carbocycles. The minimum absolute atomic E-state index is 0.0402. The summed E-state index contributed by atoms with van der Waals surface area (Å²) in [6, 6.07) is 23.5. The number of esters is 1. The van der Waals surface area contributed by atoms with E-state index in [1.165, 1.54) is 7.11 Å². The number of anilines is 1. The molecule has 0 amide bonds. The monoisotopic (exact) mass is 396 g/mol. The number of benzene rings is 3. The highest BCUT2D eigenvalue weighted by atomic mass is 32.2. The van der Waals surface area contributed by atoms with Gasteiger partial charge in [0.05, 0.1) is 18.4 Å². The van der Waals surface area contributed by atoms with Crippen LogP contribution in [0, 0.1) is 0 Å². The van der Waals surface area contributed by atoms with Gasteiger partial charge in [0.15, 0.2) is 0 Å². The van der Waals surface area contributed by atoms with E-state index in [0.29, 0.717) is 16.8 Å². The van der Waals surface area contributed by atoms with Gasteiger partial charge in [0.25, 0.3) is 10.2 Å². The first-order chi connectivity index (χ1) is 13.5. The maximum absolute atomic E-state index is 12.4. The molecule has 0 saturated heterocycles. The Morgan fingerprint density at radius 3 is 2.36 bits per heavy atom. The van der Waals surface area contributed by atoms with E-state index in [-0.39, 0.29) is 6.54 Å². The van der Waals surface area contributed by atoms with Crippen LogP contribution in [-0.2, 0) is 21.5 Å². The maximum atomic E-state index is 12.4. The van der Waals surface area contributed by atoms with Crippen LogP contribution in [0.4, 0.5) is 5.69 Å². The van der Waals surface area contributed by atoms with E-state index in [9.17, 15) is 13.2 Å². The number of hydrogen-bond donors (Lipinski definition) is 2. The highest BCUT2D eigenvalue weighted by Gasteiger charge is 2.12. The molecule has 0 fully saturated rings. The number of nitrogens with one attached hydrogen (secondary N) is 2. The average Bonchev–Trinajstić information content (AvgIpc) is 2.72. The molecule has 7 heteroatoms. The summed E-state index contributed by atoms with van der Waals surface area (Å²) in [4.78, 5) is 11.6. The molecule has 0 unspecified atom stereocenters. The fourth-order valence-electron chi connectivity index (χ4n) is 2.69. The van der Waals surface area contributed by atoms with Gasteiger partial charge in [-0.25, -0.2) is 4.79 Å². The van der Waals surface area contributed by atoms with Crippen molar-refractivity contribution in [1.82, 2.24) is 4.72 Å². The lowest BCUT2D eigenvalue weighted by molar-refractivity contribution is 0.0600. The van der Waals surface area contributed by atoms with Crippen LogP contribution in [0.2, 0.25) is 0 Å². The van der Waals surface area contributed by atoms with Gasteiger partial charge in [0, 0.05) is 6.54 Å². The minimum Gasteiger partial charge on any atom is -0.465 e. The van der Waals surface area contributed by atoms with Gasteiger partial charge in [0.1, 0.15) is 0 Å². The van der Waals surface area contributed by atoms with Crippen LogP contribution in [0.3, 0.4) is 0 Å². The summed E-state index contributed by atoms with van der Waals surface area (Å²) in [7, 11) is -2.49. The standard InChI is InChI=1S/C21H20N2O4S/c1-27-21(24)19-11-5-7-16(13-19)15-22-28(25,26)23-20-12-6-10-18(14-20)17-8-3-2-4-9-17/h2-14,22-23H,15H2,1H3. The molecule has 0 saturated carbocycles. The molecule has 0 spiro atoms. The fourth-order valence-corrected chi connectivity index (χ4v) is 3.55. The maximum Gasteiger partial charge on any atom is 0.337 e.